The Kier molecular flexibility index (Phi) is 6.50. The monoisotopic (exact) mass is 500 g/mol. The summed E-state index contributed by atoms with van der Waals surface area (Å²) in [5, 5.41) is 4.05. The van der Waals surface area contributed by atoms with Gasteiger partial charge in [0.2, 0.25) is 0 Å². The summed E-state index contributed by atoms with van der Waals surface area (Å²) < 4.78 is 13.9. The van der Waals surface area contributed by atoms with Crippen LogP contribution in [0.25, 0.3) is 21.9 Å². The van der Waals surface area contributed by atoms with Gasteiger partial charge in [-0.25, -0.2) is 9.37 Å². The van der Waals surface area contributed by atoms with Crippen molar-refractivity contribution in [2.45, 2.75) is 51.1 Å². The number of imidazole rings is 1. The minimum absolute atomic E-state index is 0.00219. The van der Waals surface area contributed by atoms with Crippen LogP contribution in [0.4, 0.5) is 10.1 Å². The third-order valence-corrected chi connectivity index (χ3v) is 7.98. The number of anilines is 1. The number of pyridine rings is 1. The van der Waals surface area contributed by atoms with Crippen LogP contribution in [0, 0.1) is 5.82 Å². The van der Waals surface area contributed by atoms with E-state index in [1.54, 1.807) is 18.3 Å². The average Bonchev–Trinajstić information content (AvgIpc) is 3.36. The molecule has 1 atom stereocenters. The molecule has 0 bridgehead atoms. The van der Waals surface area contributed by atoms with Crippen molar-refractivity contribution >= 4 is 33.5 Å². The predicted octanol–water partition coefficient (Wildman–Crippen LogP) is 5.20. The van der Waals surface area contributed by atoms with Gasteiger partial charge in [-0.05, 0) is 62.2 Å². The summed E-state index contributed by atoms with van der Waals surface area (Å²) in [6.07, 6.45) is 7.59. The number of fused-ring (bicyclic) bond motifs is 2. The Morgan fingerprint density at radius 1 is 1.03 bits per heavy atom. The highest BCUT2D eigenvalue weighted by Crippen LogP contribution is 2.29. The molecule has 2 aliphatic rings. The molecule has 1 amide bonds. The first-order chi connectivity index (χ1) is 18.0. The molecule has 1 aliphatic heterocycles. The van der Waals surface area contributed by atoms with Gasteiger partial charge in [-0.3, -0.25) is 14.7 Å². The van der Waals surface area contributed by atoms with Crippen LogP contribution in [0.5, 0.6) is 0 Å². The highest BCUT2D eigenvalue weighted by molar-refractivity contribution is 5.97. The zero-order valence-electron chi connectivity index (χ0n) is 21.2. The van der Waals surface area contributed by atoms with Crippen molar-refractivity contribution in [2.75, 3.05) is 31.1 Å². The van der Waals surface area contributed by atoms with Crippen molar-refractivity contribution in [3.05, 3.63) is 65.9 Å². The molecule has 6 rings (SSSR count). The molecule has 37 heavy (non-hydrogen) atoms. The first kappa shape index (κ1) is 23.9. The fourth-order valence-electron chi connectivity index (χ4n) is 5.79. The third-order valence-electron chi connectivity index (χ3n) is 7.98. The van der Waals surface area contributed by atoms with Crippen molar-refractivity contribution in [1.82, 2.24) is 25.2 Å². The number of hydrogen-bond donors (Lipinski definition) is 2. The largest absolute Gasteiger partial charge is 0.368 e. The molecule has 3 heterocycles. The molecule has 0 radical (unpaired) electrons. The maximum atomic E-state index is 13.9. The molecule has 2 fully saturated rings. The summed E-state index contributed by atoms with van der Waals surface area (Å²) >= 11 is 0. The number of H-pyrrole nitrogens is 1. The number of nitrogens with one attached hydrogen (secondary N) is 2. The number of rotatable bonds is 5. The topological polar surface area (TPSA) is 77.2 Å². The molecular weight excluding hydrogens is 467 g/mol. The lowest BCUT2D eigenvalue weighted by molar-refractivity contribution is 0.0928. The van der Waals surface area contributed by atoms with E-state index in [1.807, 2.05) is 24.3 Å². The second-order valence-electron chi connectivity index (χ2n) is 10.4. The number of halogens is 1. The molecule has 1 aliphatic carbocycles. The Bertz CT molecular complexity index is 1420. The van der Waals surface area contributed by atoms with Gasteiger partial charge in [-0.2, -0.15) is 0 Å². The second-order valence-corrected chi connectivity index (χ2v) is 10.4. The molecule has 0 unspecified atom stereocenters. The Morgan fingerprint density at radius 3 is 2.62 bits per heavy atom. The summed E-state index contributed by atoms with van der Waals surface area (Å²) in [6.45, 7) is 5.58. The molecule has 2 aromatic carbocycles. The fraction of sp³-hybridized carbons (Fsp3) is 0.414. The van der Waals surface area contributed by atoms with Gasteiger partial charge in [0.15, 0.2) is 0 Å². The first-order valence-corrected chi connectivity index (χ1v) is 13.4. The number of aromatic nitrogens is 3. The van der Waals surface area contributed by atoms with E-state index in [9.17, 15) is 9.18 Å². The van der Waals surface area contributed by atoms with Crippen molar-refractivity contribution in [3.8, 4) is 0 Å². The van der Waals surface area contributed by atoms with Gasteiger partial charge in [-0.15, -0.1) is 0 Å². The molecule has 4 aromatic rings. The van der Waals surface area contributed by atoms with Crippen LogP contribution in [0.15, 0.2) is 48.7 Å². The number of aromatic amines is 1. The van der Waals surface area contributed by atoms with Gasteiger partial charge >= 0.3 is 0 Å². The summed E-state index contributed by atoms with van der Waals surface area (Å²) in [4.78, 5) is 30.2. The average molecular weight is 501 g/mol. The summed E-state index contributed by atoms with van der Waals surface area (Å²) in [6, 6.07) is 12.9. The molecule has 1 saturated carbocycles. The van der Waals surface area contributed by atoms with Crippen LogP contribution in [-0.4, -0.2) is 58.0 Å². The normalized spacial score (nSPS) is 18.4. The van der Waals surface area contributed by atoms with E-state index in [1.165, 1.54) is 25.3 Å². The zero-order chi connectivity index (χ0) is 25.4. The highest BCUT2D eigenvalue weighted by atomic mass is 19.1. The molecular formula is C29H33FN6O. The Morgan fingerprint density at radius 2 is 1.81 bits per heavy atom. The quantitative estimate of drug-likeness (QED) is 0.394. The second kappa shape index (κ2) is 10.1. The Hall–Kier alpha value is -3.52. The van der Waals surface area contributed by atoms with Crippen LogP contribution in [0.2, 0.25) is 0 Å². The van der Waals surface area contributed by atoms with Crippen molar-refractivity contribution in [3.63, 3.8) is 0 Å². The van der Waals surface area contributed by atoms with Gasteiger partial charge in [-0.1, -0.05) is 19.3 Å². The van der Waals surface area contributed by atoms with Gasteiger partial charge in [0, 0.05) is 55.1 Å². The summed E-state index contributed by atoms with van der Waals surface area (Å²) in [7, 11) is 0. The van der Waals surface area contributed by atoms with E-state index in [0.717, 1.165) is 72.5 Å². The summed E-state index contributed by atoms with van der Waals surface area (Å²) in [5.41, 5.74) is 4.28. The van der Waals surface area contributed by atoms with E-state index in [2.05, 4.69) is 32.0 Å². The smallest absolute Gasteiger partial charge is 0.251 e. The number of amides is 1. The van der Waals surface area contributed by atoms with Gasteiger partial charge in [0.1, 0.15) is 11.6 Å². The number of benzene rings is 2. The molecule has 0 spiro atoms. The van der Waals surface area contributed by atoms with Crippen LogP contribution < -0.4 is 10.2 Å². The lowest BCUT2D eigenvalue weighted by Gasteiger charge is -2.38. The maximum absolute atomic E-state index is 13.9. The molecule has 7 nitrogen and oxygen atoms in total. The number of hydrogen-bond acceptors (Lipinski definition) is 5. The van der Waals surface area contributed by atoms with Crippen LogP contribution in [0.1, 0.15) is 61.3 Å². The van der Waals surface area contributed by atoms with E-state index >= 15 is 0 Å². The zero-order valence-corrected chi connectivity index (χ0v) is 21.2. The third kappa shape index (κ3) is 4.90. The van der Waals surface area contributed by atoms with Crippen molar-refractivity contribution in [2.24, 2.45) is 0 Å². The van der Waals surface area contributed by atoms with E-state index in [0.29, 0.717) is 5.56 Å². The molecule has 8 heteroatoms. The van der Waals surface area contributed by atoms with Gasteiger partial charge in [0.05, 0.1) is 22.6 Å². The van der Waals surface area contributed by atoms with Crippen molar-refractivity contribution < 1.29 is 9.18 Å². The van der Waals surface area contributed by atoms with Gasteiger partial charge in [0.25, 0.3) is 5.91 Å². The van der Waals surface area contributed by atoms with Gasteiger partial charge < -0.3 is 15.2 Å². The number of carbonyl (C=O) groups is 1. The molecule has 2 aromatic heterocycles. The first-order valence-electron chi connectivity index (χ1n) is 13.4. The lowest BCUT2D eigenvalue weighted by Crippen LogP contribution is -2.47. The Balaban J connectivity index is 1.13. The van der Waals surface area contributed by atoms with E-state index < -0.39 is 0 Å². The summed E-state index contributed by atoms with van der Waals surface area (Å²) in [5.74, 6) is 0.663. The van der Waals surface area contributed by atoms with E-state index in [-0.39, 0.29) is 23.8 Å². The Labute approximate surface area is 216 Å². The maximum Gasteiger partial charge on any atom is 0.251 e. The minimum atomic E-state index is -0.242. The number of piperazine rings is 1. The molecule has 2 N–H and O–H groups in total. The van der Waals surface area contributed by atoms with Crippen LogP contribution in [-0.2, 0) is 0 Å². The lowest BCUT2D eigenvalue weighted by atomic mass is 9.95. The molecule has 192 valence electrons. The number of nitrogens with zero attached hydrogens (tertiary/aromatic N) is 4. The van der Waals surface area contributed by atoms with Crippen LogP contribution >= 0.6 is 0 Å². The van der Waals surface area contributed by atoms with Crippen LogP contribution in [0.3, 0.4) is 0 Å². The minimum Gasteiger partial charge on any atom is -0.368 e. The van der Waals surface area contributed by atoms with E-state index in [4.69, 9.17) is 4.98 Å². The molecule has 1 saturated heterocycles. The van der Waals surface area contributed by atoms with Crippen molar-refractivity contribution in [1.29, 1.82) is 0 Å². The highest BCUT2D eigenvalue weighted by Gasteiger charge is 2.25. The standard InChI is InChI=1S/C29H33FN6O/c1-19(35-13-15-36(16-14-35)27-11-12-31-24-10-8-21(30)18-23(24)27)28-33-25-9-7-20(17-26(25)34-28)29(37)32-22-5-3-2-4-6-22/h7-12,17-19,22H,2-6,13-16H2,1H3,(H,32,37)(H,33,34)/t19-/m1/s1. The fourth-order valence-corrected chi connectivity index (χ4v) is 5.79. The predicted molar refractivity (Wildman–Crippen MR) is 144 cm³/mol. The number of carbonyl (C=O) groups excluding carboxylic acids is 1. The SMILES string of the molecule is C[C@H](c1nc2ccc(C(=O)NC3CCCCC3)cc2[nH]1)N1CCN(c2ccnc3ccc(F)cc23)CC1.